The van der Waals surface area contributed by atoms with E-state index in [4.69, 9.17) is 0 Å². The molecule has 4 rings (SSSR count). The van der Waals surface area contributed by atoms with Crippen molar-refractivity contribution in [2.24, 2.45) is 0 Å². The highest BCUT2D eigenvalue weighted by Gasteiger charge is 2.18. The van der Waals surface area contributed by atoms with Gasteiger partial charge in [-0.05, 0) is 48.9 Å². The number of halogens is 1. The molecule has 0 radical (unpaired) electrons. The largest absolute Gasteiger partial charge is 0.306 e. The van der Waals surface area contributed by atoms with E-state index in [1.54, 1.807) is 18.2 Å². The van der Waals surface area contributed by atoms with Crippen molar-refractivity contribution in [3.8, 4) is 11.3 Å². The number of aromatic nitrogens is 2. The number of nitrogens with one attached hydrogen (secondary N) is 1. The lowest BCUT2D eigenvalue weighted by atomic mass is 10.1. The number of para-hydroxylation sites is 1. The number of sulfonamides is 1. The second-order valence-corrected chi connectivity index (χ2v) is 7.84. The predicted octanol–water partition coefficient (Wildman–Crippen LogP) is 4.25. The Labute approximate surface area is 156 Å². The van der Waals surface area contributed by atoms with Crippen LogP contribution >= 0.6 is 0 Å². The van der Waals surface area contributed by atoms with Crippen LogP contribution in [0.4, 0.5) is 10.1 Å². The third kappa shape index (κ3) is 3.29. The van der Waals surface area contributed by atoms with Gasteiger partial charge in [0, 0.05) is 18.0 Å². The Bertz CT molecular complexity index is 1230. The average molecular weight is 381 g/mol. The Balaban J connectivity index is 1.77. The number of benzene rings is 2. The van der Waals surface area contributed by atoms with Crippen LogP contribution in [0.3, 0.4) is 0 Å². The number of aryl methyl sites for hydroxylation is 1. The molecule has 0 bridgehead atoms. The summed E-state index contributed by atoms with van der Waals surface area (Å²) in [4.78, 5) is 4.63. The summed E-state index contributed by atoms with van der Waals surface area (Å²) in [5.41, 5.74) is 3.55. The summed E-state index contributed by atoms with van der Waals surface area (Å²) in [6.45, 7) is 1.97. The van der Waals surface area contributed by atoms with Crippen LogP contribution in [0.1, 0.15) is 5.56 Å². The fourth-order valence-corrected chi connectivity index (χ4v) is 3.98. The number of pyridine rings is 1. The van der Waals surface area contributed by atoms with Crippen LogP contribution in [0.15, 0.2) is 78.0 Å². The Morgan fingerprint density at radius 2 is 1.74 bits per heavy atom. The molecule has 2 aromatic carbocycles. The van der Waals surface area contributed by atoms with Crippen molar-refractivity contribution in [2.45, 2.75) is 11.8 Å². The monoisotopic (exact) mass is 381 g/mol. The quantitative estimate of drug-likeness (QED) is 0.575. The van der Waals surface area contributed by atoms with E-state index in [0.29, 0.717) is 16.9 Å². The minimum atomic E-state index is -3.85. The predicted molar refractivity (Wildman–Crippen MR) is 103 cm³/mol. The Kier molecular flexibility index (Phi) is 4.16. The summed E-state index contributed by atoms with van der Waals surface area (Å²) in [6, 6.07) is 15.6. The summed E-state index contributed by atoms with van der Waals surface area (Å²) in [5.74, 6) is -0.491. The lowest BCUT2D eigenvalue weighted by Gasteiger charge is -2.11. The van der Waals surface area contributed by atoms with Crippen molar-refractivity contribution >= 4 is 21.4 Å². The highest BCUT2D eigenvalue weighted by molar-refractivity contribution is 7.92. The van der Waals surface area contributed by atoms with E-state index in [1.807, 2.05) is 41.9 Å². The fourth-order valence-electron chi connectivity index (χ4n) is 2.90. The van der Waals surface area contributed by atoms with Gasteiger partial charge in [-0.25, -0.2) is 17.8 Å². The minimum Gasteiger partial charge on any atom is -0.306 e. The second-order valence-electron chi connectivity index (χ2n) is 6.15. The summed E-state index contributed by atoms with van der Waals surface area (Å²) in [7, 11) is -3.85. The summed E-state index contributed by atoms with van der Waals surface area (Å²) < 4.78 is 42.9. The van der Waals surface area contributed by atoms with Gasteiger partial charge in [0.1, 0.15) is 11.5 Å². The van der Waals surface area contributed by atoms with Gasteiger partial charge in [0.05, 0.1) is 16.3 Å². The van der Waals surface area contributed by atoms with Gasteiger partial charge in [-0.2, -0.15) is 0 Å². The zero-order valence-corrected chi connectivity index (χ0v) is 15.2. The molecule has 5 nitrogen and oxygen atoms in total. The van der Waals surface area contributed by atoms with Crippen LogP contribution < -0.4 is 4.72 Å². The number of hydrogen-bond acceptors (Lipinski definition) is 3. The third-order valence-electron chi connectivity index (χ3n) is 4.25. The zero-order chi connectivity index (χ0) is 19.0. The first-order valence-electron chi connectivity index (χ1n) is 8.26. The molecule has 0 aliphatic heterocycles. The molecular weight excluding hydrogens is 365 g/mol. The van der Waals surface area contributed by atoms with E-state index in [1.165, 1.54) is 12.1 Å². The van der Waals surface area contributed by atoms with Gasteiger partial charge < -0.3 is 4.40 Å². The van der Waals surface area contributed by atoms with Crippen molar-refractivity contribution in [1.29, 1.82) is 0 Å². The van der Waals surface area contributed by atoms with Crippen LogP contribution in [-0.2, 0) is 10.0 Å². The highest BCUT2D eigenvalue weighted by Crippen LogP contribution is 2.29. The van der Waals surface area contributed by atoms with Crippen LogP contribution in [0.25, 0.3) is 16.9 Å². The maximum atomic E-state index is 13.1. The van der Waals surface area contributed by atoms with Crippen molar-refractivity contribution < 1.29 is 12.8 Å². The van der Waals surface area contributed by atoms with Crippen molar-refractivity contribution in [1.82, 2.24) is 9.38 Å². The first-order valence-corrected chi connectivity index (χ1v) is 9.74. The van der Waals surface area contributed by atoms with Crippen LogP contribution in [0.2, 0.25) is 0 Å². The molecule has 2 heterocycles. The maximum absolute atomic E-state index is 13.1. The third-order valence-corrected chi connectivity index (χ3v) is 5.63. The molecule has 0 saturated carbocycles. The SMILES string of the molecule is Cc1cccn2cc(-c3ccccc3NS(=O)(=O)c3ccc(F)cc3)nc12. The number of anilines is 1. The standard InChI is InChI=1S/C20H16FN3O2S/c1-14-5-4-12-24-13-19(22-20(14)24)17-6-2-3-7-18(17)23-27(25,26)16-10-8-15(21)9-11-16/h2-13,23H,1H3. The lowest BCUT2D eigenvalue weighted by Crippen LogP contribution is -2.13. The van der Waals surface area contributed by atoms with Gasteiger partial charge in [-0.3, -0.25) is 4.72 Å². The van der Waals surface area contributed by atoms with Gasteiger partial charge in [-0.1, -0.05) is 24.3 Å². The van der Waals surface area contributed by atoms with Crippen molar-refractivity contribution in [2.75, 3.05) is 4.72 Å². The molecule has 0 spiro atoms. The Morgan fingerprint density at radius 3 is 2.48 bits per heavy atom. The molecule has 2 aromatic heterocycles. The van der Waals surface area contributed by atoms with Gasteiger partial charge in [-0.15, -0.1) is 0 Å². The molecule has 136 valence electrons. The molecule has 0 fully saturated rings. The highest BCUT2D eigenvalue weighted by atomic mass is 32.2. The van der Waals surface area contributed by atoms with E-state index >= 15 is 0 Å². The smallest absolute Gasteiger partial charge is 0.261 e. The van der Waals surface area contributed by atoms with E-state index in [0.717, 1.165) is 23.3 Å². The van der Waals surface area contributed by atoms with E-state index in [9.17, 15) is 12.8 Å². The summed E-state index contributed by atoms with van der Waals surface area (Å²) in [5, 5.41) is 0. The molecule has 0 aliphatic rings. The summed E-state index contributed by atoms with van der Waals surface area (Å²) >= 11 is 0. The Hall–Kier alpha value is -3.19. The number of nitrogens with zero attached hydrogens (tertiary/aromatic N) is 2. The number of fused-ring (bicyclic) bond motifs is 1. The van der Waals surface area contributed by atoms with Crippen LogP contribution in [0, 0.1) is 12.7 Å². The minimum absolute atomic E-state index is 0.00968. The molecule has 4 aromatic rings. The fraction of sp³-hybridized carbons (Fsp3) is 0.0500. The maximum Gasteiger partial charge on any atom is 0.261 e. The van der Waals surface area contributed by atoms with Gasteiger partial charge >= 0.3 is 0 Å². The topological polar surface area (TPSA) is 63.5 Å². The number of hydrogen-bond donors (Lipinski definition) is 1. The average Bonchev–Trinajstić information content (AvgIpc) is 3.08. The molecule has 0 unspecified atom stereocenters. The van der Waals surface area contributed by atoms with Gasteiger partial charge in [0.15, 0.2) is 0 Å². The lowest BCUT2D eigenvalue weighted by molar-refractivity contribution is 0.599. The molecule has 27 heavy (non-hydrogen) atoms. The molecule has 7 heteroatoms. The second kappa shape index (κ2) is 6.51. The van der Waals surface area contributed by atoms with Crippen molar-refractivity contribution in [3.05, 3.63) is 84.4 Å². The Morgan fingerprint density at radius 1 is 1.00 bits per heavy atom. The van der Waals surface area contributed by atoms with Gasteiger partial charge in [0.2, 0.25) is 0 Å². The number of rotatable bonds is 4. The summed E-state index contributed by atoms with van der Waals surface area (Å²) in [6.07, 6.45) is 3.75. The zero-order valence-electron chi connectivity index (χ0n) is 14.4. The normalized spacial score (nSPS) is 11.6. The molecular formula is C20H16FN3O2S. The molecule has 0 aliphatic carbocycles. The van der Waals surface area contributed by atoms with Crippen LogP contribution in [-0.4, -0.2) is 17.8 Å². The molecule has 0 amide bonds. The van der Waals surface area contributed by atoms with Crippen LogP contribution in [0.5, 0.6) is 0 Å². The molecule has 1 N–H and O–H groups in total. The first-order chi connectivity index (χ1) is 12.9. The van der Waals surface area contributed by atoms with E-state index < -0.39 is 15.8 Å². The van der Waals surface area contributed by atoms with E-state index in [2.05, 4.69) is 9.71 Å². The molecule has 0 atom stereocenters. The van der Waals surface area contributed by atoms with E-state index in [-0.39, 0.29) is 4.90 Å². The van der Waals surface area contributed by atoms with Crippen molar-refractivity contribution in [3.63, 3.8) is 0 Å². The first kappa shape index (κ1) is 17.2. The van der Waals surface area contributed by atoms with Gasteiger partial charge in [0.25, 0.3) is 10.0 Å². The number of imidazole rings is 1. The molecule has 0 saturated heterocycles.